The van der Waals surface area contributed by atoms with Crippen LogP contribution < -0.4 is 10.6 Å². The SMILES string of the molecule is C#CCNC(=NCCCC)NCCc1ccco1.I. The Balaban J connectivity index is 0.00000324. The molecule has 1 aromatic rings. The molecule has 0 amide bonds. The fourth-order valence-electron chi connectivity index (χ4n) is 1.42. The van der Waals surface area contributed by atoms with Crippen molar-refractivity contribution in [3.8, 4) is 12.3 Å². The van der Waals surface area contributed by atoms with Crippen LogP contribution in [0.25, 0.3) is 0 Å². The highest BCUT2D eigenvalue weighted by atomic mass is 127. The van der Waals surface area contributed by atoms with Crippen molar-refractivity contribution in [1.82, 2.24) is 10.6 Å². The molecule has 1 aromatic heterocycles. The lowest BCUT2D eigenvalue weighted by atomic mass is 10.3. The van der Waals surface area contributed by atoms with Gasteiger partial charge in [0, 0.05) is 19.5 Å². The second-order valence-electron chi connectivity index (χ2n) is 3.90. The van der Waals surface area contributed by atoms with Crippen LogP contribution in [0.3, 0.4) is 0 Å². The summed E-state index contributed by atoms with van der Waals surface area (Å²) in [4.78, 5) is 4.44. The van der Waals surface area contributed by atoms with Gasteiger partial charge in [-0.2, -0.15) is 0 Å². The van der Waals surface area contributed by atoms with E-state index in [0.29, 0.717) is 6.54 Å². The summed E-state index contributed by atoms with van der Waals surface area (Å²) in [5.74, 6) is 4.28. The number of hydrogen-bond donors (Lipinski definition) is 2. The predicted molar refractivity (Wildman–Crippen MR) is 89.9 cm³/mol. The summed E-state index contributed by atoms with van der Waals surface area (Å²) >= 11 is 0. The number of terminal acetylenes is 1. The molecular formula is C14H22IN3O. The minimum absolute atomic E-state index is 0. The van der Waals surface area contributed by atoms with Crippen molar-refractivity contribution in [1.29, 1.82) is 0 Å². The van der Waals surface area contributed by atoms with Crippen molar-refractivity contribution in [3.63, 3.8) is 0 Å². The summed E-state index contributed by atoms with van der Waals surface area (Å²) in [5, 5.41) is 6.32. The molecule has 4 nitrogen and oxygen atoms in total. The number of nitrogens with zero attached hydrogens (tertiary/aromatic N) is 1. The van der Waals surface area contributed by atoms with Gasteiger partial charge in [0.1, 0.15) is 5.76 Å². The third-order valence-electron chi connectivity index (χ3n) is 2.38. The summed E-state index contributed by atoms with van der Waals surface area (Å²) in [6, 6.07) is 3.85. The van der Waals surface area contributed by atoms with Gasteiger partial charge in [0.25, 0.3) is 0 Å². The number of halogens is 1. The van der Waals surface area contributed by atoms with Crippen molar-refractivity contribution in [2.24, 2.45) is 4.99 Å². The van der Waals surface area contributed by atoms with Crippen molar-refractivity contribution in [2.45, 2.75) is 26.2 Å². The van der Waals surface area contributed by atoms with Gasteiger partial charge in [-0.15, -0.1) is 30.4 Å². The Morgan fingerprint density at radius 1 is 1.47 bits per heavy atom. The molecule has 0 atom stereocenters. The van der Waals surface area contributed by atoms with E-state index in [0.717, 1.165) is 44.1 Å². The first-order valence-corrected chi connectivity index (χ1v) is 6.34. The largest absolute Gasteiger partial charge is 0.469 e. The van der Waals surface area contributed by atoms with Gasteiger partial charge in [0.05, 0.1) is 12.8 Å². The lowest BCUT2D eigenvalue weighted by molar-refractivity contribution is 0.507. The molecule has 0 aliphatic heterocycles. The average molecular weight is 375 g/mol. The first kappa shape index (κ1) is 17.8. The highest BCUT2D eigenvalue weighted by Crippen LogP contribution is 1.99. The minimum Gasteiger partial charge on any atom is -0.469 e. The number of nitrogens with one attached hydrogen (secondary N) is 2. The maximum absolute atomic E-state index is 5.26. The van der Waals surface area contributed by atoms with E-state index in [1.165, 1.54) is 0 Å². The molecule has 0 radical (unpaired) electrons. The van der Waals surface area contributed by atoms with E-state index in [-0.39, 0.29) is 24.0 Å². The number of guanidine groups is 1. The molecule has 5 heteroatoms. The molecule has 19 heavy (non-hydrogen) atoms. The van der Waals surface area contributed by atoms with Gasteiger partial charge in [0.15, 0.2) is 5.96 Å². The number of rotatable bonds is 7. The zero-order valence-corrected chi connectivity index (χ0v) is 13.6. The van der Waals surface area contributed by atoms with Crippen LogP contribution in [0.15, 0.2) is 27.8 Å². The molecule has 1 heterocycles. The quantitative estimate of drug-likeness (QED) is 0.253. The van der Waals surface area contributed by atoms with Gasteiger partial charge in [-0.1, -0.05) is 19.3 Å². The molecular weight excluding hydrogens is 353 g/mol. The molecule has 2 N–H and O–H groups in total. The van der Waals surface area contributed by atoms with Crippen LogP contribution in [-0.2, 0) is 6.42 Å². The Labute approximate surface area is 132 Å². The van der Waals surface area contributed by atoms with Crippen LogP contribution in [-0.4, -0.2) is 25.6 Å². The molecule has 0 bridgehead atoms. The zero-order valence-electron chi connectivity index (χ0n) is 11.3. The van der Waals surface area contributed by atoms with E-state index in [9.17, 15) is 0 Å². The van der Waals surface area contributed by atoms with Gasteiger partial charge in [0.2, 0.25) is 0 Å². The monoisotopic (exact) mass is 375 g/mol. The standard InChI is InChI=1S/C14H21N3O.HI/c1-3-5-10-16-14(15-9-4-2)17-11-8-13-7-6-12-18-13;/h2,6-7,12H,3,5,8-11H2,1H3,(H2,15,16,17);1H. The maximum Gasteiger partial charge on any atom is 0.192 e. The second-order valence-corrected chi connectivity index (χ2v) is 3.90. The lowest BCUT2D eigenvalue weighted by Crippen LogP contribution is -2.38. The first-order valence-electron chi connectivity index (χ1n) is 6.34. The molecule has 0 aliphatic rings. The van der Waals surface area contributed by atoms with E-state index in [4.69, 9.17) is 10.8 Å². The molecule has 0 spiro atoms. The zero-order chi connectivity index (χ0) is 13.1. The fourth-order valence-corrected chi connectivity index (χ4v) is 1.42. The van der Waals surface area contributed by atoms with Crippen LogP contribution in [0.4, 0.5) is 0 Å². The van der Waals surface area contributed by atoms with E-state index >= 15 is 0 Å². The Kier molecular flexibility index (Phi) is 11.2. The topological polar surface area (TPSA) is 49.6 Å². The van der Waals surface area contributed by atoms with Gasteiger partial charge in [-0.05, 0) is 18.6 Å². The van der Waals surface area contributed by atoms with Crippen LogP contribution >= 0.6 is 24.0 Å². The number of hydrogen-bond acceptors (Lipinski definition) is 2. The van der Waals surface area contributed by atoms with Crippen LogP contribution in [0, 0.1) is 12.3 Å². The molecule has 0 saturated heterocycles. The van der Waals surface area contributed by atoms with E-state index in [1.807, 2.05) is 12.1 Å². The summed E-state index contributed by atoms with van der Waals surface area (Å²) < 4.78 is 5.26. The van der Waals surface area contributed by atoms with Crippen molar-refractivity contribution >= 4 is 29.9 Å². The molecule has 0 aliphatic carbocycles. The Morgan fingerprint density at radius 3 is 2.95 bits per heavy atom. The summed E-state index contributed by atoms with van der Waals surface area (Å²) in [6.07, 6.45) is 9.96. The molecule has 106 valence electrons. The second kappa shape index (κ2) is 11.9. The number of unbranched alkanes of at least 4 members (excludes halogenated alkanes) is 1. The molecule has 0 unspecified atom stereocenters. The molecule has 0 fully saturated rings. The van der Waals surface area contributed by atoms with Crippen molar-refractivity contribution in [3.05, 3.63) is 24.2 Å². The Hall–Kier alpha value is -1.16. The summed E-state index contributed by atoms with van der Waals surface area (Å²) in [6.45, 7) is 4.22. The Bertz CT molecular complexity index is 382. The highest BCUT2D eigenvalue weighted by molar-refractivity contribution is 14.0. The molecule has 0 aromatic carbocycles. The third-order valence-corrected chi connectivity index (χ3v) is 2.38. The average Bonchev–Trinajstić information content (AvgIpc) is 2.88. The van der Waals surface area contributed by atoms with E-state index in [2.05, 4.69) is 28.5 Å². The first-order chi connectivity index (χ1) is 8.86. The van der Waals surface area contributed by atoms with E-state index in [1.54, 1.807) is 6.26 Å². The number of furan rings is 1. The van der Waals surface area contributed by atoms with Crippen LogP contribution in [0.5, 0.6) is 0 Å². The predicted octanol–water partition coefficient (Wildman–Crippen LogP) is 2.41. The van der Waals surface area contributed by atoms with Crippen LogP contribution in [0.1, 0.15) is 25.5 Å². The van der Waals surface area contributed by atoms with Gasteiger partial charge >= 0.3 is 0 Å². The van der Waals surface area contributed by atoms with Crippen molar-refractivity contribution < 1.29 is 4.42 Å². The fraction of sp³-hybridized carbons (Fsp3) is 0.500. The number of aliphatic imine (C=N–C) groups is 1. The lowest BCUT2D eigenvalue weighted by Gasteiger charge is -2.10. The van der Waals surface area contributed by atoms with E-state index < -0.39 is 0 Å². The Morgan fingerprint density at radius 2 is 2.32 bits per heavy atom. The van der Waals surface area contributed by atoms with Gasteiger partial charge in [-0.25, -0.2) is 0 Å². The third kappa shape index (κ3) is 8.54. The smallest absolute Gasteiger partial charge is 0.192 e. The van der Waals surface area contributed by atoms with Crippen molar-refractivity contribution in [2.75, 3.05) is 19.6 Å². The molecule has 1 rings (SSSR count). The van der Waals surface area contributed by atoms with Crippen LogP contribution in [0.2, 0.25) is 0 Å². The summed E-state index contributed by atoms with van der Waals surface area (Å²) in [7, 11) is 0. The minimum atomic E-state index is 0. The van der Waals surface area contributed by atoms with Gasteiger partial charge in [-0.3, -0.25) is 4.99 Å². The highest BCUT2D eigenvalue weighted by Gasteiger charge is 1.98. The normalized spacial score (nSPS) is 10.4. The molecule has 0 saturated carbocycles. The summed E-state index contributed by atoms with van der Waals surface area (Å²) in [5.41, 5.74) is 0. The van der Waals surface area contributed by atoms with Gasteiger partial charge < -0.3 is 15.1 Å². The maximum atomic E-state index is 5.26.